The van der Waals surface area contributed by atoms with E-state index in [1.807, 2.05) is 20.8 Å². The topological polar surface area (TPSA) is 83.5 Å². The van der Waals surface area contributed by atoms with Crippen molar-refractivity contribution in [2.75, 3.05) is 40.1 Å². The smallest absolute Gasteiger partial charge is 0.466 e. The van der Waals surface area contributed by atoms with Gasteiger partial charge in [-0.05, 0) is 40.7 Å². The molecule has 0 aliphatic rings. The number of rotatable bonds is 14. The number of esters is 2. The summed E-state index contributed by atoms with van der Waals surface area (Å²) >= 11 is 0. The van der Waals surface area contributed by atoms with E-state index in [9.17, 15) is 9.59 Å². The number of carbonyl (C=O) groups excluding carboxylic acids is 2. The molecule has 0 saturated heterocycles. The molecule has 25 heavy (non-hydrogen) atoms. The van der Waals surface area contributed by atoms with Crippen LogP contribution in [0.25, 0.3) is 0 Å². The number of carbonyl (C=O) groups is 2. The molecule has 0 saturated carbocycles. The van der Waals surface area contributed by atoms with E-state index in [4.69, 9.17) is 22.8 Å². The molecule has 0 fully saturated rings. The maximum atomic E-state index is 12.6. The van der Waals surface area contributed by atoms with Crippen LogP contribution in [0.3, 0.4) is 0 Å². The van der Waals surface area contributed by atoms with Gasteiger partial charge < -0.3 is 22.8 Å². The quantitative estimate of drug-likeness (QED) is 0.333. The molecule has 0 aromatic carbocycles. The van der Waals surface area contributed by atoms with Crippen molar-refractivity contribution in [3.05, 3.63) is 0 Å². The standard InChI is InChI=1S/C16H33NO7Si/c1-7-12-17(25(20-6,23-10-4)24-11-5)14(16(19)22-9-3)13-15(18)21-8-2/h14H,7-13H2,1-6H3. The molecule has 0 N–H and O–H groups in total. The molecule has 1 unspecified atom stereocenters. The zero-order valence-electron chi connectivity index (χ0n) is 16.3. The first kappa shape index (κ1) is 24.0. The largest absolute Gasteiger partial charge is 0.600 e. The second-order valence-electron chi connectivity index (χ2n) is 5.06. The van der Waals surface area contributed by atoms with Crippen molar-refractivity contribution in [2.45, 2.75) is 53.5 Å². The molecule has 0 radical (unpaired) electrons. The Hall–Kier alpha value is -1.00. The van der Waals surface area contributed by atoms with E-state index in [0.717, 1.165) is 6.42 Å². The molecule has 0 heterocycles. The zero-order valence-corrected chi connectivity index (χ0v) is 17.3. The van der Waals surface area contributed by atoms with Gasteiger partial charge in [0.15, 0.2) is 0 Å². The van der Waals surface area contributed by atoms with Crippen molar-refractivity contribution >= 4 is 20.9 Å². The summed E-state index contributed by atoms with van der Waals surface area (Å²) in [5.41, 5.74) is 0. The van der Waals surface area contributed by atoms with Gasteiger partial charge in [0.05, 0.1) is 19.6 Å². The normalized spacial score (nSPS) is 12.9. The molecule has 0 spiro atoms. The van der Waals surface area contributed by atoms with Crippen LogP contribution in [-0.4, -0.2) is 71.6 Å². The van der Waals surface area contributed by atoms with Crippen LogP contribution in [0.5, 0.6) is 0 Å². The molecule has 0 aliphatic heterocycles. The highest BCUT2D eigenvalue weighted by Crippen LogP contribution is 2.22. The average Bonchev–Trinajstić information content (AvgIpc) is 2.58. The highest BCUT2D eigenvalue weighted by atomic mass is 28.4. The Morgan fingerprint density at radius 1 is 0.920 bits per heavy atom. The second kappa shape index (κ2) is 13.2. The van der Waals surface area contributed by atoms with E-state index in [0.29, 0.717) is 19.8 Å². The first-order valence-electron chi connectivity index (χ1n) is 8.88. The Kier molecular flexibility index (Phi) is 12.7. The summed E-state index contributed by atoms with van der Waals surface area (Å²) in [7, 11) is -1.85. The van der Waals surface area contributed by atoms with Crippen LogP contribution in [0.2, 0.25) is 0 Å². The summed E-state index contributed by atoms with van der Waals surface area (Å²) in [5.74, 6) is -0.994. The fourth-order valence-corrected chi connectivity index (χ4v) is 5.16. The van der Waals surface area contributed by atoms with Gasteiger partial charge in [0.1, 0.15) is 6.04 Å². The van der Waals surface area contributed by atoms with Gasteiger partial charge >= 0.3 is 20.9 Å². The van der Waals surface area contributed by atoms with Crippen molar-refractivity contribution in [3.63, 3.8) is 0 Å². The van der Waals surface area contributed by atoms with Crippen LogP contribution in [-0.2, 0) is 32.3 Å². The lowest BCUT2D eigenvalue weighted by atomic mass is 10.2. The Labute approximate surface area is 152 Å². The van der Waals surface area contributed by atoms with E-state index in [1.54, 1.807) is 18.4 Å². The minimum atomic E-state index is -3.34. The SMILES string of the molecule is CCCN(C(CC(=O)OCC)C(=O)OCC)[Si](OC)(OCC)OCC. The van der Waals surface area contributed by atoms with Gasteiger partial charge in [-0.15, -0.1) is 0 Å². The summed E-state index contributed by atoms with van der Waals surface area (Å²) in [5, 5.41) is 0. The van der Waals surface area contributed by atoms with Crippen LogP contribution in [0.15, 0.2) is 0 Å². The summed E-state index contributed by atoms with van der Waals surface area (Å²) < 4.78 is 29.2. The van der Waals surface area contributed by atoms with Crippen LogP contribution < -0.4 is 0 Å². The average molecular weight is 380 g/mol. The highest BCUT2D eigenvalue weighted by molar-refractivity contribution is 6.58. The molecule has 0 aromatic rings. The summed E-state index contributed by atoms with van der Waals surface area (Å²) in [6.45, 7) is 10.7. The molecule has 0 aromatic heterocycles. The third-order valence-electron chi connectivity index (χ3n) is 3.33. The fourth-order valence-electron chi connectivity index (χ4n) is 2.47. The predicted octanol–water partition coefficient (Wildman–Crippen LogP) is 1.74. The lowest BCUT2D eigenvalue weighted by Crippen LogP contribution is -2.66. The Morgan fingerprint density at radius 2 is 1.48 bits per heavy atom. The highest BCUT2D eigenvalue weighted by Gasteiger charge is 2.53. The molecule has 0 amide bonds. The second-order valence-corrected chi connectivity index (χ2v) is 7.67. The van der Waals surface area contributed by atoms with Crippen molar-refractivity contribution in [3.8, 4) is 0 Å². The van der Waals surface area contributed by atoms with Gasteiger partial charge in [-0.3, -0.25) is 9.59 Å². The van der Waals surface area contributed by atoms with Crippen LogP contribution in [0, 0.1) is 0 Å². The molecule has 148 valence electrons. The lowest BCUT2D eigenvalue weighted by Gasteiger charge is -2.40. The van der Waals surface area contributed by atoms with Crippen molar-refractivity contribution in [2.24, 2.45) is 0 Å². The van der Waals surface area contributed by atoms with Gasteiger partial charge in [0.25, 0.3) is 0 Å². The predicted molar refractivity (Wildman–Crippen MR) is 94.7 cm³/mol. The van der Waals surface area contributed by atoms with Gasteiger partial charge in [-0.2, -0.15) is 0 Å². The van der Waals surface area contributed by atoms with E-state index < -0.39 is 26.9 Å². The number of hydrogen-bond acceptors (Lipinski definition) is 8. The van der Waals surface area contributed by atoms with E-state index in [1.165, 1.54) is 7.11 Å². The van der Waals surface area contributed by atoms with E-state index in [2.05, 4.69) is 0 Å². The van der Waals surface area contributed by atoms with Gasteiger partial charge in [-0.1, -0.05) is 6.92 Å². The molecule has 1 atom stereocenters. The molecular formula is C16H33NO7Si. The summed E-state index contributed by atoms with van der Waals surface area (Å²) in [6, 6.07) is -0.885. The zero-order chi connectivity index (χ0) is 19.3. The van der Waals surface area contributed by atoms with Crippen LogP contribution >= 0.6 is 0 Å². The van der Waals surface area contributed by atoms with Gasteiger partial charge in [-0.25, -0.2) is 4.57 Å². The van der Waals surface area contributed by atoms with Gasteiger partial charge in [0, 0.05) is 20.3 Å². The molecule has 0 rings (SSSR count). The number of hydrogen-bond donors (Lipinski definition) is 0. The molecule has 0 aliphatic carbocycles. The maximum absolute atomic E-state index is 12.6. The van der Waals surface area contributed by atoms with Crippen molar-refractivity contribution < 1.29 is 32.3 Å². The molecule has 9 heteroatoms. The number of nitrogens with zero attached hydrogens (tertiary/aromatic N) is 1. The lowest BCUT2D eigenvalue weighted by molar-refractivity contribution is -0.156. The van der Waals surface area contributed by atoms with E-state index >= 15 is 0 Å². The minimum Gasteiger partial charge on any atom is -0.466 e. The first-order valence-corrected chi connectivity index (χ1v) is 10.5. The monoisotopic (exact) mass is 379 g/mol. The van der Waals surface area contributed by atoms with Crippen molar-refractivity contribution in [1.29, 1.82) is 0 Å². The van der Waals surface area contributed by atoms with E-state index in [-0.39, 0.29) is 19.6 Å². The summed E-state index contributed by atoms with van der Waals surface area (Å²) in [6.07, 6.45) is 0.571. The molecule has 8 nitrogen and oxygen atoms in total. The Morgan fingerprint density at radius 3 is 1.88 bits per heavy atom. The molecular weight excluding hydrogens is 346 g/mol. The molecule has 0 bridgehead atoms. The third-order valence-corrected chi connectivity index (χ3v) is 6.39. The Balaban J connectivity index is 5.81. The fraction of sp³-hybridized carbons (Fsp3) is 0.875. The van der Waals surface area contributed by atoms with Gasteiger partial charge in [0.2, 0.25) is 0 Å². The maximum Gasteiger partial charge on any atom is 0.600 e. The van der Waals surface area contributed by atoms with Crippen molar-refractivity contribution in [1.82, 2.24) is 4.57 Å². The first-order chi connectivity index (χ1) is 12.0. The van der Waals surface area contributed by atoms with Crippen LogP contribution in [0.4, 0.5) is 0 Å². The Bertz CT molecular complexity index is 389. The third kappa shape index (κ3) is 7.41. The van der Waals surface area contributed by atoms with Crippen LogP contribution in [0.1, 0.15) is 47.5 Å². The number of ether oxygens (including phenoxy) is 2. The minimum absolute atomic E-state index is 0.148. The summed E-state index contributed by atoms with van der Waals surface area (Å²) in [4.78, 5) is 24.6.